The van der Waals surface area contributed by atoms with Gasteiger partial charge in [0.05, 0.1) is 5.69 Å². The average Bonchev–Trinajstić information content (AvgIpc) is 2.98. The molecule has 0 spiro atoms. The van der Waals surface area contributed by atoms with E-state index in [4.69, 9.17) is 4.74 Å². The third-order valence-electron chi connectivity index (χ3n) is 5.65. The van der Waals surface area contributed by atoms with E-state index >= 15 is 0 Å². The minimum Gasteiger partial charge on any atom is -0.489 e. The maximum atomic E-state index is 13.0. The maximum absolute atomic E-state index is 13.0. The van der Waals surface area contributed by atoms with E-state index in [0.717, 1.165) is 58.4 Å². The Balaban J connectivity index is 1.63. The number of hydrogen-bond donors (Lipinski definition) is 0. The molecule has 0 N–H and O–H groups in total. The summed E-state index contributed by atoms with van der Waals surface area (Å²) in [4.78, 5) is 13.0. The van der Waals surface area contributed by atoms with Gasteiger partial charge in [0.1, 0.15) is 12.4 Å². The fraction of sp³-hybridized carbons (Fsp3) is 0.192. The highest BCUT2D eigenvalue weighted by Crippen LogP contribution is 2.39. The van der Waals surface area contributed by atoms with Gasteiger partial charge in [-0.1, -0.05) is 60.7 Å². The van der Waals surface area contributed by atoms with Crippen molar-refractivity contribution in [2.24, 2.45) is 0 Å². The van der Waals surface area contributed by atoms with Crippen LogP contribution in [-0.2, 0) is 13.2 Å². The van der Waals surface area contributed by atoms with Gasteiger partial charge >= 0.3 is 0 Å². The van der Waals surface area contributed by atoms with E-state index in [1.54, 1.807) is 0 Å². The van der Waals surface area contributed by atoms with Crippen LogP contribution in [0.5, 0.6) is 5.75 Å². The van der Waals surface area contributed by atoms with Gasteiger partial charge in [-0.2, -0.15) is 0 Å². The Morgan fingerprint density at radius 3 is 2.41 bits per heavy atom. The number of ketones is 1. The summed E-state index contributed by atoms with van der Waals surface area (Å²) in [6, 6.07) is 26.6. The van der Waals surface area contributed by atoms with Gasteiger partial charge in [0.25, 0.3) is 0 Å². The molecule has 1 aliphatic heterocycles. The molecule has 5 rings (SSSR count). The van der Waals surface area contributed by atoms with E-state index in [9.17, 15) is 4.79 Å². The fourth-order valence-electron chi connectivity index (χ4n) is 4.26. The molecule has 0 atom stereocenters. The lowest BCUT2D eigenvalue weighted by Gasteiger charge is -2.08. The van der Waals surface area contributed by atoms with Crippen molar-refractivity contribution in [1.29, 1.82) is 0 Å². The summed E-state index contributed by atoms with van der Waals surface area (Å²) in [6.45, 7) is 1.41. The molecule has 0 saturated carbocycles. The number of benzene rings is 3. The Morgan fingerprint density at radius 1 is 0.862 bits per heavy atom. The number of aryl methyl sites for hydroxylation is 1. The van der Waals surface area contributed by atoms with Gasteiger partial charge in [-0.3, -0.25) is 4.79 Å². The van der Waals surface area contributed by atoms with E-state index in [0.29, 0.717) is 13.0 Å². The van der Waals surface area contributed by atoms with Crippen molar-refractivity contribution in [2.75, 3.05) is 0 Å². The summed E-state index contributed by atoms with van der Waals surface area (Å²) in [6.07, 6.45) is 2.60. The van der Waals surface area contributed by atoms with Crippen LogP contribution in [-0.4, -0.2) is 10.4 Å². The molecule has 0 bridgehead atoms. The van der Waals surface area contributed by atoms with Crippen molar-refractivity contribution in [3.8, 4) is 16.9 Å². The molecular formula is C26H23NO2. The number of fused-ring (bicyclic) bond motifs is 3. The zero-order chi connectivity index (χ0) is 19.6. The molecule has 3 nitrogen and oxygen atoms in total. The van der Waals surface area contributed by atoms with E-state index in [1.165, 1.54) is 0 Å². The highest BCUT2D eigenvalue weighted by molar-refractivity contribution is 6.11. The van der Waals surface area contributed by atoms with E-state index < -0.39 is 0 Å². The number of carbonyl (C=O) groups is 1. The van der Waals surface area contributed by atoms with Crippen molar-refractivity contribution in [3.05, 3.63) is 90.1 Å². The van der Waals surface area contributed by atoms with Crippen molar-refractivity contribution < 1.29 is 9.53 Å². The topological polar surface area (TPSA) is 31.2 Å². The minimum atomic E-state index is 0.240. The lowest BCUT2D eigenvalue weighted by Crippen LogP contribution is -2.06. The second-order valence-electron chi connectivity index (χ2n) is 7.57. The first kappa shape index (κ1) is 17.7. The molecule has 144 valence electrons. The van der Waals surface area contributed by atoms with Crippen LogP contribution in [0.25, 0.3) is 22.0 Å². The smallest absolute Gasteiger partial charge is 0.179 e. The maximum Gasteiger partial charge on any atom is 0.179 e. The Labute approximate surface area is 170 Å². The second-order valence-corrected chi connectivity index (χ2v) is 7.57. The molecule has 29 heavy (non-hydrogen) atoms. The van der Waals surface area contributed by atoms with E-state index in [-0.39, 0.29) is 5.78 Å². The van der Waals surface area contributed by atoms with Crippen molar-refractivity contribution in [1.82, 2.24) is 4.57 Å². The number of hydrogen-bond acceptors (Lipinski definition) is 2. The van der Waals surface area contributed by atoms with Crippen LogP contribution in [0.3, 0.4) is 0 Å². The number of Topliss-reactive ketones (excluding diaryl/α,β-unsaturated/α-hetero) is 1. The third kappa shape index (κ3) is 3.33. The van der Waals surface area contributed by atoms with E-state index in [1.807, 2.05) is 42.5 Å². The van der Waals surface area contributed by atoms with Gasteiger partial charge in [0.2, 0.25) is 0 Å². The van der Waals surface area contributed by atoms with Crippen LogP contribution in [0.1, 0.15) is 35.3 Å². The molecule has 1 aromatic heterocycles. The second kappa shape index (κ2) is 7.59. The first-order chi connectivity index (χ1) is 14.3. The lowest BCUT2D eigenvalue weighted by molar-refractivity contribution is 0.0978. The highest BCUT2D eigenvalue weighted by atomic mass is 16.5. The molecule has 3 heteroatoms. The minimum absolute atomic E-state index is 0.240. The summed E-state index contributed by atoms with van der Waals surface area (Å²) in [5, 5.41) is 1.09. The molecule has 0 fully saturated rings. The van der Waals surface area contributed by atoms with Crippen LogP contribution in [0.4, 0.5) is 0 Å². The molecule has 4 aromatic rings. The molecule has 1 aliphatic rings. The molecule has 0 amide bonds. The summed E-state index contributed by atoms with van der Waals surface area (Å²) < 4.78 is 8.30. The van der Waals surface area contributed by atoms with Gasteiger partial charge in [-0.25, -0.2) is 0 Å². The largest absolute Gasteiger partial charge is 0.489 e. The highest BCUT2D eigenvalue weighted by Gasteiger charge is 2.25. The lowest BCUT2D eigenvalue weighted by atomic mass is 9.99. The molecule has 2 heterocycles. The summed E-state index contributed by atoms with van der Waals surface area (Å²) in [7, 11) is 0. The predicted octanol–water partition coefficient (Wildman–Crippen LogP) is 6.25. The monoisotopic (exact) mass is 381 g/mol. The molecule has 0 aliphatic carbocycles. The number of aromatic nitrogens is 1. The van der Waals surface area contributed by atoms with Crippen molar-refractivity contribution >= 4 is 16.7 Å². The Kier molecular flexibility index (Phi) is 4.65. The number of rotatable bonds is 4. The van der Waals surface area contributed by atoms with E-state index in [2.05, 4.69) is 41.0 Å². The van der Waals surface area contributed by atoms with Gasteiger partial charge < -0.3 is 9.30 Å². The van der Waals surface area contributed by atoms with Crippen LogP contribution in [0, 0.1) is 0 Å². The van der Waals surface area contributed by atoms with Gasteiger partial charge in [0, 0.05) is 29.4 Å². The van der Waals surface area contributed by atoms with Crippen LogP contribution >= 0.6 is 0 Å². The van der Waals surface area contributed by atoms with Crippen molar-refractivity contribution in [2.45, 2.75) is 32.4 Å². The number of ether oxygens (including phenoxy) is 1. The summed E-state index contributed by atoms with van der Waals surface area (Å²) >= 11 is 0. The van der Waals surface area contributed by atoms with Crippen molar-refractivity contribution in [3.63, 3.8) is 0 Å². The molecular weight excluding hydrogens is 358 g/mol. The first-order valence-corrected chi connectivity index (χ1v) is 10.2. The van der Waals surface area contributed by atoms with Gasteiger partial charge in [-0.15, -0.1) is 0 Å². The zero-order valence-corrected chi connectivity index (χ0v) is 16.3. The van der Waals surface area contributed by atoms with Crippen LogP contribution < -0.4 is 4.74 Å². The standard InChI is InChI=1S/C26H23NO2/c28-24-13-7-8-16-27-23-15-14-21(29-18-19-9-3-1-4-10-19)17-22(23)25(26(24)27)20-11-5-2-6-12-20/h1-6,9-12,14-15,17H,7-8,13,16,18H2. The van der Waals surface area contributed by atoms with Crippen LogP contribution in [0.2, 0.25) is 0 Å². The normalized spacial score (nSPS) is 13.9. The predicted molar refractivity (Wildman–Crippen MR) is 116 cm³/mol. The van der Waals surface area contributed by atoms with Gasteiger partial charge in [-0.05, 0) is 42.2 Å². The third-order valence-corrected chi connectivity index (χ3v) is 5.65. The first-order valence-electron chi connectivity index (χ1n) is 10.2. The molecule has 0 radical (unpaired) electrons. The Morgan fingerprint density at radius 2 is 1.62 bits per heavy atom. The molecule has 3 aromatic carbocycles. The van der Waals surface area contributed by atoms with Crippen LogP contribution in [0.15, 0.2) is 78.9 Å². The Hall–Kier alpha value is -3.33. The molecule has 0 saturated heterocycles. The summed E-state index contributed by atoms with van der Waals surface area (Å²) in [5.74, 6) is 1.07. The average molecular weight is 381 g/mol. The number of carbonyl (C=O) groups excluding carboxylic acids is 1. The number of nitrogens with zero attached hydrogens (tertiary/aromatic N) is 1. The Bertz CT molecular complexity index is 1160. The molecule has 0 unspecified atom stereocenters. The SMILES string of the molecule is O=C1CCCCn2c1c(-c1ccccc1)c1cc(OCc3ccccc3)ccc12. The zero-order valence-electron chi connectivity index (χ0n) is 16.3. The summed E-state index contributed by atoms with van der Waals surface area (Å²) in [5.41, 5.74) is 5.23. The fourth-order valence-corrected chi connectivity index (χ4v) is 4.26. The quantitative estimate of drug-likeness (QED) is 0.418. The van der Waals surface area contributed by atoms with Gasteiger partial charge in [0.15, 0.2) is 5.78 Å².